The van der Waals surface area contributed by atoms with Crippen LogP contribution in [-0.2, 0) is 13.6 Å². The number of non-ortho nitro benzene ring substituents is 1. The molecule has 0 bridgehead atoms. The molecule has 0 fully saturated rings. The molecule has 0 amide bonds. The summed E-state index contributed by atoms with van der Waals surface area (Å²) in [4.78, 5) is 14.7. The van der Waals surface area contributed by atoms with Gasteiger partial charge in [0.15, 0.2) is 5.13 Å². The van der Waals surface area contributed by atoms with Gasteiger partial charge in [0, 0.05) is 19.2 Å². The number of fused-ring (bicyclic) bond motifs is 1. The fraction of sp³-hybridized carbons (Fsp3) is 0.182. The van der Waals surface area contributed by atoms with Crippen LogP contribution in [0.2, 0.25) is 0 Å². The van der Waals surface area contributed by atoms with E-state index in [-0.39, 0.29) is 5.69 Å². The molecule has 0 aliphatic heterocycles. The lowest BCUT2D eigenvalue weighted by atomic mass is 10.3. The highest BCUT2D eigenvalue weighted by atomic mass is 32.1. The van der Waals surface area contributed by atoms with Crippen molar-refractivity contribution in [2.45, 2.75) is 6.54 Å². The van der Waals surface area contributed by atoms with Gasteiger partial charge in [0.05, 0.1) is 33.6 Å². The molecule has 2 heterocycles. The average molecular weight is 290 g/mol. The molecule has 0 radical (unpaired) electrons. The van der Waals surface area contributed by atoms with E-state index in [1.165, 1.54) is 23.5 Å². The molecule has 3 aromatic rings. The summed E-state index contributed by atoms with van der Waals surface area (Å²) in [6, 6.07) is 4.64. The molecule has 0 saturated carbocycles. The van der Waals surface area contributed by atoms with Gasteiger partial charge < -0.3 is 5.32 Å². The Hall–Kier alpha value is -2.55. The lowest BCUT2D eigenvalue weighted by Gasteiger charge is -2.00. The molecule has 0 unspecified atom stereocenters. The monoisotopic (exact) mass is 290 g/mol. The molecule has 0 atom stereocenters. The SMILES string of the molecule is Cn1nncc1CNc1nc2ccc([N+](=O)[O-])cc2s1. The van der Waals surface area contributed by atoms with Crippen molar-refractivity contribution in [2.24, 2.45) is 7.05 Å². The number of nitro groups is 1. The van der Waals surface area contributed by atoms with Crippen LogP contribution < -0.4 is 5.32 Å². The zero-order chi connectivity index (χ0) is 14.1. The highest BCUT2D eigenvalue weighted by Gasteiger charge is 2.10. The van der Waals surface area contributed by atoms with Gasteiger partial charge in [-0.1, -0.05) is 16.6 Å². The van der Waals surface area contributed by atoms with Crippen LogP contribution in [0.5, 0.6) is 0 Å². The number of nitrogens with zero attached hydrogens (tertiary/aromatic N) is 5. The maximum absolute atomic E-state index is 10.7. The second-order valence-electron chi connectivity index (χ2n) is 4.13. The summed E-state index contributed by atoms with van der Waals surface area (Å²) in [5.41, 5.74) is 1.74. The summed E-state index contributed by atoms with van der Waals surface area (Å²) < 4.78 is 2.45. The van der Waals surface area contributed by atoms with Crippen LogP contribution in [0.25, 0.3) is 10.2 Å². The molecule has 2 aromatic heterocycles. The van der Waals surface area contributed by atoms with Crippen molar-refractivity contribution in [1.29, 1.82) is 0 Å². The minimum Gasteiger partial charge on any atom is -0.356 e. The first-order valence-electron chi connectivity index (χ1n) is 5.76. The van der Waals surface area contributed by atoms with Crippen molar-refractivity contribution < 1.29 is 4.92 Å². The van der Waals surface area contributed by atoms with Crippen molar-refractivity contribution in [3.05, 3.63) is 40.2 Å². The average Bonchev–Trinajstić information content (AvgIpc) is 3.00. The zero-order valence-corrected chi connectivity index (χ0v) is 11.3. The maximum atomic E-state index is 10.7. The Morgan fingerprint density at radius 2 is 2.35 bits per heavy atom. The van der Waals surface area contributed by atoms with Gasteiger partial charge in [0.25, 0.3) is 5.69 Å². The second-order valence-corrected chi connectivity index (χ2v) is 5.16. The van der Waals surface area contributed by atoms with Crippen molar-refractivity contribution >= 4 is 32.4 Å². The van der Waals surface area contributed by atoms with Crippen LogP contribution in [0.15, 0.2) is 24.4 Å². The van der Waals surface area contributed by atoms with Gasteiger partial charge in [-0.2, -0.15) is 0 Å². The van der Waals surface area contributed by atoms with Crippen LogP contribution in [0.3, 0.4) is 0 Å². The number of hydrogen-bond acceptors (Lipinski definition) is 7. The number of aromatic nitrogens is 4. The molecule has 9 heteroatoms. The fourth-order valence-corrected chi connectivity index (χ4v) is 2.63. The third-order valence-corrected chi connectivity index (χ3v) is 3.79. The molecule has 1 aromatic carbocycles. The lowest BCUT2D eigenvalue weighted by Crippen LogP contribution is -2.04. The first kappa shape index (κ1) is 12.5. The summed E-state index contributed by atoms with van der Waals surface area (Å²) in [5.74, 6) is 0. The minimum atomic E-state index is -0.409. The van der Waals surface area contributed by atoms with Crippen LogP contribution in [0.4, 0.5) is 10.8 Å². The quantitative estimate of drug-likeness (QED) is 0.582. The number of thiazole rings is 1. The molecule has 0 aliphatic rings. The van der Waals surface area contributed by atoms with Crippen molar-refractivity contribution in [1.82, 2.24) is 20.0 Å². The van der Waals surface area contributed by atoms with E-state index in [9.17, 15) is 10.1 Å². The minimum absolute atomic E-state index is 0.0727. The Morgan fingerprint density at radius 3 is 3.05 bits per heavy atom. The summed E-state index contributed by atoms with van der Waals surface area (Å²) in [7, 11) is 1.81. The van der Waals surface area contributed by atoms with Crippen LogP contribution in [-0.4, -0.2) is 24.9 Å². The molecular formula is C11H10N6O2S. The van der Waals surface area contributed by atoms with Gasteiger partial charge in [0.2, 0.25) is 0 Å². The Kier molecular flexibility index (Phi) is 3.03. The number of benzene rings is 1. The molecule has 1 N–H and O–H groups in total. The number of nitrogens with one attached hydrogen (secondary N) is 1. The smallest absolute Gasteiger partial charge is 0.270 e. The third kappa shape index (κ3) is 2.30. The van der Waals surface area contributed by atoms with Gasteiger partial charge >= 0.3 is 0 Å². The highest BCUT2D eigenvalue weighted by molar-refractivity contribution is 7.22. The summed E-state index contributed by atoms with van der Waals surface area (Å²) in [5, 5.41) is 22.2. The van der Waals surface area contributed by atoms with E-state index in [0.29, 0.717) is 11.7 Å². The normalized spacial score (nSPS) is 10.8. The molecule has 20 heavy (non-hydrogen) atoms. The standard InChI is InChI=1S/C11H10N6O2S/c1-16-8(6-13-15-16)5-12-11-14-9-3-2-7(17(18)19)4-10(9)20-11/h2-4,6H,5H2,1H3,(H,12,14). The molecular weight excluding hydrogens is 280 g/mol. The summed E-state index contributed by atoms with van der Waals surface area (Å²) in [6.07, 6.45) is 1.67. The van der Waals surface area contributed by atoms with Gasteiger partial charge in [-0.25, -0.2) is 4.98 Å². The maximum Gasteiger partial charge on any atom is 0.270 e. The fourth-order valence-electron chi connectivity index (χ4n) is 1.74. The van der Waals surface area contributed by atoms with E-state index in [4.69, 9.17) is 0 Å². The van der Waals surface area contributed by atoms with Crippen LogP contribution >= 0.6 is 11.3 Å². The van der Waals surface area contributed by atoms with E-state index in [1.807, 2.05) is 7.05 Å². The van der Waals surface area contributed by atoms with Gasteiger partial charge in [-0.3, -0.25) is 14.8 Å². The van der Waals surface area contributed by atoms with Crippen molar-refractivity contribution in [2.75, 3.05) is 5.32 Å². The summed E-state index contributed by atoms with van der Waals surface area (Å²) >= 11 is 1.38. The number of anilines is 1. The van der Waals surface area contributed by atoms with Crippen molar-refractivity contribution in [3.8, 4) is 0 Å². The van der Waals surface area contributed by atoms with E-state index in [1.54, 1.807) is 16.9 Å². The Bertz CT molecular complexity index is 780. The van der Waals surface area contributed by atoms with Crippen LogP contribution in [0, 0.1) is 10.1 Å². The Labute approximate surface area is 117 Å². The molecule has 3 rings (SSSR count). The van der Waals surface area contributed by atoms with E-state index >= 15 is 0 Å². The first-order chi connectivity index (χ1) is 9.63. The van der Waals surface area contributed by atoms with E-state index in [2.05, 4.69) is 20.6 Å². The molecule has 0 saturated heterocycles. The Balaban J connectivity index is 1.82. The summed E-state index contributed by atoms with van der Waals surface area (Å²) in [6.45, 7) is 0.547. The molecule has 0 spiro atoms. The number of rotatable bonds is 4. The van der Waals surface area contributed by atoms with Crippen molar-refractivity contribution in [3.63, 3.8) is 0 Å². The lowest BCUT2D eigenvalue weighted by molar-refractivity contribution is -0.384. The van der Waals surface area contributed by atoms with Gasteiger partial charge in [-0.05, 0) is 6.07 Å². The zero-order valence-electron chi connectivity index (χ0n) is 10.5. The topological polar surface area (TPSA) is 98.8 Å². The van der Waals surface area contributed by atoms with Gasteiger partial charge in [0.1, 0.15) is 0 Å². The largest absolute Gasteiger partial charge is 0.356 e. The predicted octanol–water partition coefficient (Wildman–Crippen LogP) is 1.95. The number of nitro benzene ring substituents is 1. The number of aryl methyl sites for hydroxylation is 1. The predicted molar refractivity (Wildman–Crippen MR) is 74.6 cm³/mol. The second kappa shape index (κ2) is 4.85. The molecule has 8 nitrogen and oxygen atoms in total. The van der Waals surface area contributed by atoms with Crippen LogP contribution in [0.1, 0.15) is 5.69 Å². The third-order valence-electron chi connectivity index (χ3n) is 2.81. The molecule has 0 aliphatic carbocycles. The van der Waals surface area contributed by atoms with E-state index < -0.39 is 4.92 Å². The van der Waals surface area contributed by atoms with E-state index in [0.717, 1.165) is 15.9 Å². The number of hydrogen-bond donors (Lipinski definition) is 1. The Morgan fingerprint density at radius 1 is 1.50 bits per heavy atom. The first-order valence-corrected chi connectivity index (χ1v) is 6.57. The van der Waals surface area contributed by atoms with Gasteiger partial charge in [-0.15, -0.1) is 5.10 Å². The molecule has 102 valence electrons. The highest BCUT2D eigenvalue weighted by Crippen LogP contribution is 2.29.